The van der Waals surface area contributed by atoms with Gasteiger partial charge in [0, 0.05) is 18.8 Å². The summed E-state index contributed by atoms with van der Waals surface area (Å²) in [5.74, 6) is 2.12. The zero-order valence-electron chi connectivity index (χ0n) is 10.6. The molecule has 0 fully saturated rings. The molecule has 0 saturated carbocycles. The lowest BCUT2D eigenvalue weighted by molar-refractivity contribution is 0.328. The molecule has 2 atom stereocenters. The molecule has 0 saturated heterocycles. The Kier molecular flexibility index (Phi) is 4.31. The zero-order valence-corrected chi connectivity index (χ0v) is 10.6. The van der Waals surface area contributed by atoms with Gasteiger partial charge in [-0.2, -0.15) is 0 Å². The first-order valence-electron chi connectivity index (χ1n) is 5.91. The molecule has 0 bridgehead atoms. The van der Waals surface area contributed by atoms with Gasteiger partial charge >= 0.3 is 0 Å². The molecule has 1 aliphatic heterocycles. The molecule has 1 heterocycles. The topological polar surface area (TPSA) is 12.4 Å². The Morgan fingerprint density at radius 2 is 1.87 bits per heavy atom. The fourth-order valence-corrected chi connectivity index (χ4v) is 2.07. The Labute approximate surface area is 94.0 Å². The fourth-order valence-electron chi connectivity index (χ4n) is 2.07. The third-order valence-electron chi connectivity index (χ3n) is 3.72. The second-order valence-corrected chi connectivity index (χ2v) is 4.95. The second kappa shape index (κ2) is 5.29. The van der Waals surface area contributed by atoms with Crippen molar-refractivity contribution in [2.24, 2.45) is 22.7 Å². The molecule has 0 aromatic heterocycles. The minimum absolute atomic E-state index is 0.652. The summed E-state index contributed by atoms with van der Waals surface area (Å²) < 4.78 is 0. The molecule has 0 aromatic carbocycles. The molecule has 0 N–H and O–H groups in total. The van der Waals surface area contributed by atoms with E-state index in [1.165, 1.54) is 5.57 Å². The highest BCUT2D eigenvalue weighted by atomic mass is 14.7. The van der Waals surface area contributed by atoms with Crippen LogP contribution in [-0.2, 0) is 0 Å². The van der Waals surface area contributed by atoms with Crippen LogP contribution in [0, 0.1) is 17.8 Å². The highest BCUT2D eigenvalue weighted by molar-refractivity contribution is 5.64. The van der Waals surface area contributed by atoms with Crippen molar-refractivity contribution >= 4 is 6.21 Å². The SMILES string of the molecule is CC1=C([C@@H](C)[C@H](C)C(C)C)CC=NC=C1. The summed E-state index contributed by atoms with van der Waals surface area (Å²) in [6, 6.07) is 0. The van der Waals surface area contributed by atoms with Crippen molar-refractivity contribution in [1.82, 2.24) is 0 Å². The van der Waals surface area contributed by atoms with Crippen molar-refractivity contribution in [2.75, 3.05) is 0 Å². The van der Waals surface area contributed by atoms with Crippen LogP contribution in [0.25, 0.3) is 0 Å². The lowest BCUT2D eigenvalue weighted by atomic mass is 9.79. The van der Waals surface area contributed by atoms with Gasteiger partial charge in [0.2, 0.25) is 0 Å². The summed E-state index contributed by atoms with van der Waals surface area (Å²) in [5.41, 5.74) is 2.95. The second-order valence-electron chi connectivity index (χ2n) is 4.95. The summed E-state index contributed by atoms with van der Waals surface area (Å²) in [4.78, 5) is 4.21. The van der Waals surface area contributed by atoms with Crippen LogP contribution in [-0.4, -0.2) is 6.21 Å². The Morgan fingerprint density at radius 3 is 2.47 bits per heavy atom. The van der Waals surface area contributed by atoms with Crippen LogP contribution in [0.5, 0.6) is 0 Å². The Balaban J connectivity index is 2.86. The van der Waals surface area contributed by atoms with Crippen molar-refractivity contribution in [3.05, 3.63) is 23.4 Å². The van der Waals surface area contributed by atoms with E-state index in [2.05, 4.69) is 45.7 Å². The summed E-state index contributed by atoms with van der Waals surface area (Å²) >= 11 is 0. The predicted molar refractivity (Wildman–Crippen MR) is 68.1 cm³/mol. The van der Waals surface area contributed by atoms with Crippen LogP contribution in [0.4, 0.5) is 0 Å². The van der Waals surface area contributed by atoms with Gasteiger partial charge in [-0.15, -0.1) is 0 Å². The Hall–Kier alpha value is -0.850. The molecular weight excluding hydrogens is 182 g/mol. The first-order chi connectivity index (χ1) is 7.04. The van der Waals surface area contributed by atoms with Crippen LogP contribution in [0.2, 0.25) is 0 Å². The molecule has 1 aliphatic rings. The van der Waals surface area contributed by atoms with E-state index in [1.54, 1.807) is 5.57 Å². The lowest BCUT2D eigenvalue weighted by Crippen LogP contribution is -2.17. The number of rotatable bonds is 3. The molecule has 84 valence electrons. The lowest BCUT2D eigenvalue weighted by Gasteiger charge is -2.26. The molecule has 1 nitrogen and oxygen atoms in total. The first kappa shape index (κ1) is 12.2. The van der Waals surface area contributed by atoms with E-state index in [-0.39, 0.29) is 0 Å². The minimum atomic E-state index is 0.652. The summed E-state index contributed by atoms with van der Waals surface area (Å²) in [7, 11) is 0. The van der Waals surface area contributed by atoms with Crippen molar-refractivity contribution < 1.29 is 0 Å². The van der Waals surface area contributed by atoms with E-state index in [4.69, 9.17) is 0 Å². The molecule has 0 unspecified atom stereocenters. The van der Waals surface area contributed by atoms with E-state index in [9.17, 15) is 0 Å². The fraction of sp³-hybridized carbons (Fsp3) is 0.643. The van der Waals surface area contributed by atoms with E-state index in [0.717, 1.165) is 18.3 Å². The molecule has 1 heteroatoms. The number of aliphatic imine (C=N–C) groups is 1. The van der Waals surface area contributed by atoms with E-state index >= 15 is 0 Å². The van der Waals surface area contributed by atoms with Gasteiger partial charge in [-0.25, -0.2) is 0 Å². The Morgan fingerprint density at radius 1 is 1.20 bits per heavy atom. The normalized spacial score (nSPS) is 20.7. The van der Waals surface area contributed by atoms with Gasteiger partial charge in [0.1, 0.15) is 0 Å². The molecule has 15 heavy (non-hydrogen) atoms. The molecule has 0 aromatic rings. The summed E-state index contributed by atoms with van der Waals surface area (Å²) in [6.45, 7) is 11.5. The number of hydrogen-bond donors (Lipinski definition) is 0. The van der Waals surface area contributed by atoms with Gasteiger partial charge in [0.05, 0.1) is 0 Å². The third-order valence-corrected chi connectivity index (χ3v) is 3.72. The zero-order chi connectivity index (χ0) is 11.4. The molecular formula is C14H23N. The van der Waals surface area contributed by atoms with Gasteiger partial charge in [-0.3, -0.25) is 4.99 Å². The first-order valence-corrected chi connectivity index (χ1v) is 5.91. The highest BCUT2D eigenvalue weighted by Crippen LogP contribution is 2.30. The quantitative estimate of drug-likeness (QED) is 0.654. The van der Waals surface area contributed by atoms with E-state index in [1.807, 2.05) is 12.4 Å². The van der Waals surface area contributed by atoms with E-state index < -0.39 is 0 Å². The van der Waals surface area contributed by atoms with E-state index in [0.29, 0.717) is 5.92 Å². The van der Waals surface area contributed by atoms with Gasteiger partial charge in [0.15, 0.2) is 0 Å². The standard InChI is InChI=1S/C14H23N/c1-10(2)12(4)13(5)14-7-9-15-8-6-11(14)3/h6,8-10,12-13H,7H2,1-5H3/t12-,13+/m1/s1. The summed E-state index contributed by atoms with van der Waals surface area (Å²) in [6.07, 6.45) is 7.06. The average molecular weight is 205 g/mol. The Bertz CT molecular complexity index is 294. The largest absolute Gasteiger partial charge is 0.269 e. The molecule has 0 amide bonds. The van der Waals surface area contributed by atoms with Gasteiger partial charge in [-0.05, 0) is 36.3 Å². The maximum absolute atomic E-state index is 4.21. The number of allylic oxidation sites excluding steroid dienone is 3. The monoisotopic (exact) mass is 205 g/mol. The maximum atomic E-state index is 4.21. The highest BCUT2D eigenvalue weighted by Gasteiger charge is 2.20. The predicted octanol–water partition coefficient (Wildman–Crippen LogP) is 4.22. The van der Waals surface area contributed by atoms with Crippen molar-refractivity contribution in [1.29, 1.82) is 0 Å². The van der Waals surface area contributed by atoms with Crippen molar-refractivity contribution in [3.63, 3.8) is 0 Å². The van der Waals surface area contributed by atoms with Gasteiger partial charge in [-0.1, -0.05) is 33.3 Å². The van der Waals surface area contributed by atoms with Crippen LogP contribution in [0.1, 0.15) is 41.0 Å². The van der Waals surface area contributed by atoms with Crippen LogP contribution in [0.15, 0.2) is 28.4 Å². The van der Waals surface area contributed by atoms with Gasteiger partial charge in [0.25, 0.3) is 0 Å². The maximum Gasteiger partial charge on any atom is 0.0266 e. The minimum Gasteiger partial charge on any atom is -0.269 e. The molecule has 1 rings (SSSR count). The average Bonchev–Trinajstić information content (AvgIpc) is 2.40. The van der Waals surface area contributed by atoms with Crippen LogP contribution >= 0.6 is 0 Å². The van der Waals surface area contributed by atoms with Crippen molar-refractivity contribution in [3.8, 4) is 0 Å². The molecule has 0 radical (unpaired) electrons. The van der Waals surface area contributed by atoms with Gasteiger partial charge < -0.3 is 0 Å². The summed E-state index contributed by atoms with van der Waals surface area (Å²) in [5, 5.41) is 0. The van der Waals surface area contributed by atoms with Crippen LogP contribution in [0.3, 0.4) is 0 Å². The number of hydrogen-bond acceptors (Lipinski definition) is 1. The smallest absolute Gasteiger partial charge is 0.0266 e. The van der Waals surface area contributed by atoms with Crippen LogP contribution < -0.4 is 0 Å². The molecule has 0 aliphatic carbocycles. The van der Waals surface area contributed by atoms with Crippen molar-refractivity contribution in [2.45, 2.75) is 41.0 Å². The number of nitrogens with zero attached hydrogens (tertiary/aromatic N) is 1. The third kappa shape index (κ3) is 3.05. The molecule has 0 spiro atoms.